The van der Waals surface area contributed by atoms with E-state index in [1.165, 1.54) is 12.1 Å². The van der Waals surface area contributed by atoms with E-state index in [0.29, 0.717) is 11.5 Å². The summed E-state index contributed by atoms with van der Waals surface area (Å²) >= 11 is 0. The van der Waals surface area contributed by atoms with Crippen LogP contribution in [0, 0.1) is 5.92 Å². The lowest BCUT2D eigenvalue weighted by Gasteiger charge is -2.32. The monoisotopic (exact) mass is 401 g/mol. The number of amides is 1. The molecule has 0 radical (unpaired) electrons. The summed E-state index contributed by atoms with van der Waals surface area (Å²) < 4.78 is 27.0. The lowest BCUT2D eigenvalue weighted by Crippen LogP contribution is -2.39. The van der Waals surface area contributed by atoms with E-state index in [-0.39, 0.29) is 29.3 Å². The third-order valence-corrected chi connectivity index (χ3v) is 6.55. The highest BCUT2D eigenvalue weighted by Crippen LogP contribution is 2.24. The molecular formula is C18H28ClN3O3S. The SMILES string of the molecule is CNCCC1CCN(C(=O)c2ccc(S(=O)(=O)NC3CC3)cc2)CC1.Cl. The Kier molecular flexibility index (Phi) is 7.46. The van der Waals surface area contributed by atoms with Gasteiger partial charge in [0.1, 0.15) is 0 Å². The summed E-state index contributed by atoms with van der Waals surface area (Å²) in [6, 6.07) is 6.37. The van der Waals surface area contributed by atoms with Crippen LogP contribution in [0.1, 0.15) is 42.5 Å². The van der Waals surface area contributed by atoms with Crippen molar-refractivity contribution in [2.45, 2.75) is 43.0 Å². The molecule has 1 aromatic rings. The van der Waals surface area contributed by atoms with E-state index in [1.54, 1.807) is 12.1 Å². The Morgan fingerprint density at radius 1 is 1.12 bits per heavy atom. The Hall–Kier alpha value is -1.15. The van der Waals surface area contributed by atoms with E-state index in [4.69, 9.17) is 0 Å². The first-order valence-electron chi connectivity index (χ1n) is 9.06. The summed E-state index contributed by atoms with van der Waals surface area (Å²) in [7, 11) is -1.50. The van der Waals surface area contributed by atoms with Gasteiger partial charge in [-0.15, -0.1) is 12.4 Å². The van der Waals surface area contributed by atoms with Crippen molar-refractivity contribution in [3.63, 3.8) is 0 Å². The van der Waals surface area contributed by atoms with E-state index in [0.717, 1.165) is 51.7 Å². The first kappa shape index (κ1) is 21.2. The molecule has 0 spiro atoms. The Labute approximate surface area is 162 Å². The van der Waals surface area contributed by atoms with Crippen molar-refractivity contribution in [2.24, 2.45) is 5.92 Å². The predicted molar refractivity (Wildman–Crippen MR) is 104 cm³/mol. The molecule has 6 nitrogen and oxygen atoms in total. The van der Waals surface area contributed by atoms with Crippen molar-refractivity contribution in [1.82, 2.24) is 14.9 Å². The van der Waals surface area contributed by atoms with Crippen molar-refractivity contribution in [2.75, 3.05) is 26.7 Å². The summed E-state index contributed by atoms with van der Waals surface area (Å²) in [4.78, 5) is 14.7. The quantitative estimate of drug-likeness (QED) is 0.732. The normalized spacial score (nSPS) is 18.4. The molecule has 1 saturated heterocycles. The molecule has 0 atom stereocenters. The molecule has 8 heteroatoms. The number of benzene rings is 1. The number of sulfonamides is 1. The van der Waals surface area contributed by atoms with Crippen molar-refractivity contribution in [1.29, 1.82) is 0 Å². The third kappa shape index (κ3) is 5.42. The topological polar surface area (TPSA) is 78.5 Å². The minimum atomic E-state index is -3.46. The average molecular weight is 402 g/mol. The second-order valence-corrected chi connectivity index (χ2v) is 8.76. The Morgan fingerprint density at radius 2 is 1.73 bits per heavy atom. The second kappa shape index (κ2) is 9.17. The van der Waals surface area contributed by atoms with Gasteiger partial charge in [-0.1, -0.05) is 0 Å². The number of hydrogen-bond acceptors (Lipinski definition) is 4. The summed E-state index contributed by atoms with van der Waals surface area (Å²) in [6.45, 7) is 2.57. The van der Waals surface area contributed by atoms with E-state index < -0.39 is 10.0 Å². The number of nitrogens with zero attached hydrogens (tertiary/aromatic N) is 1. The second-order valence-electron chi connectivity index (χ2n) is 7.05. The molecule has 2 aliphatic rings. The van der Waals surface area contributed by atoms with E-state index >= 15 is 0 Å². The number of hydrogen-bond donors (Lipinski definition) is 2. The summed E-state index contributed by atoms with van der Waals surface area (Å²) in [5, 5.41) is 3.17. The molecule has 1 aromatic carbocycles. The Balaban J connectivity index is 0.00000243. The molecule has 146 valence electrons. The molecule has 1 aliphatic heterocycles. The van der Waals surface area contributed by atoms with Crippen LogP contribution in [0.4, 0.5) is 0 Å². The Morgan fingerprint density at radius 3 is 2.27 bits per heavy atom. The van der Waals surface area contributed by atoms with Gasteiger partial charge >= 0.3 is 0 Å². The molecular weight excluding hydrogens is 374 g/mol. The maximum Gasteiger partial charge on any atom is 0.253 e. The molecule has 0 aromatic heterocycles. The summed E-state index contributed by atoms with van der Waals surface area (Å²) in [6.07, 6.45) is 5.02. The summed E-state index contributed by atoms with van der Waals surface area (Å²) in [5.41, 5.74) is 0.555. The van der Waals surface area contributed by atoms with Crippen LogP contribution in [0.3, 0.4) is 0 Å². The Bertz CT molecular complexity index is 697. The fourth-order valence-corrected chi connectivity index (χ4v) is 4.53. The van der Waals surface area contributed by atoms with Gasteiger partial charge < -0.3 is 10.2 Å². The van der Waals surface area contributed by atoms with E-state index in [9.17, 15) is 13.2 Å². The van der Waals surface area contributed by atoms with Gasteiger partial charge in [-0.2, -0.15) is 0 Å². The molecule has 2 N–H and O–H groups in total. The molecule has 1 amide bonds. The minimum absolute atomic E-state index is 0. The van der Waals surface area contributed by atoms with Gasteiger partial charge in [-0.05, 0) is 75.9 Å². The van der Waals surface area contributed by atoms with Crippen molar-refractivity contribution in [3.8, 4) is 0 Å². The standard InChI is InChI=1S/C18H27N3O3S.ClH/c1-19-11-8-14-9-12-21(13-10-14)18(22)15-2-6-17(7-3-15)25(23,24)20-16-4-5-16;/h2-3,6-7,14,16,19-20H,4-5,8-13H2,1H3;1H. The van der Waals surface area contributed by atoms with Crippen LogP contribution < -0.4 is 10.0 Å². The van der Waals surface area contributed by atoms with E-state index in [2.05, 4.69) is 10.0 Å². The van der Waals surface area contributed by atoms with Gasteiger partial charge in [0.25, 0.3) is 5.91 Å². The lowest BCUT2D eigenvalue weighted by molar-refractivity contribution is 0.0687. The fourth-order valence-electron chi connectivity index (χ4n) is 3.22. The van der Waals surface area contributed by atoms with Crippen LogP contribution in [-0.4, -0.2) is 51.9 Å². The molecule has 2 fully saturated rings. The van der Waals surface area contributed by atoms with Gasteiger partial charge in [0.2, 0.25) is 10.0 Å². The fraction of sp³-hybridized carbons (Fsp3) is 0.611. The maximum absolute atomic E-state index is 12.6. The number of carbonyl (C=O) groups is 1. The van der Waals surface area contributed by atoms with Crippen LogP contribution in [0.25, 0.3) is 0 Å². The highest BCUT2D eigenvalue weighted by atomic mass is 35.5. The number of nitrogens with one attached hydrogen (secondary N) is 2. The van der Waals surface area contributed by atoms with Crippen LogP contribution >= 0.6 is 12.4 Å². The van der Waals surface area contributed by atoms with Crippen LogP contribution in [0.15, 0.2) is 29.2 Å². The largest absolute Gasteiger partial charge is 0.339 e. The van der Waals surface area contributed by atoms with Crippen LogP contribution in [-0.2, 0) is 10.0 Å². The molecule has 3 rings (SSSR count). The molecule has 1 heterocycles. The highest BCUT2D eigenvalue weighted by Gasteiger charge is 2.28. The van der Waals surface area contributed by atoms with Crippen molar-refractivity contribution in [3.05, 3.63) is 29.8 Å². The molecule has 26 heavy (non-hydrogen) atoms. The molecule has 1 saturated carbocycles. The van der Waals surface area contributed by atoms with Gasteiger partial charge in [0.15, 0.2) is 0 Å². The van der Waals surface area contributed by atoms with Crippen LogP contribution in [0.2, 0.25) is 0 Å². The van der Waals surface area contributed by atoms with Crippen LogP contribution in [0.5, 0.6) is 0 Å². The smallest absolute Gasteiger partial charge is 0.253 e. The zero-order valence-electron chi connectivity index (χ0n) is 15.1. The minimum Gasteiger partial charge on any atom is -0.339 e. The summed E-state index contributed by atoms with van der Waals surface area (Å²) in [5.74, 6) is 0.670. The zero-order valence-corrected chi connectivity index (χ0v) is 16.7. The predicted octanol–water partition coefficient (Wildman–Crippen LogP) is 2.01. The first-order chi connectivity index (χ1) is 12.0. The number of rotatable bonds is 7. The number of halogens is 1. The van der Waals surface area contributed by atoms with Crippen molar-refractivity contribution >= 4 is 28.3 Å². The average Bonchev–Trinajstić information content (AvgIpc) is 3.43. The van der Waals surface area contributed by atoms with Gasteiger partial charge in [-0.25, -0.2) is 13.1 Å². The lowest BCUT2D eigenvalue weighted by atomic mass is 9.93. The molecule has 0 bridgehead atoms. The van der Waals surface area contributed by atoms with Gasteiger partial charge in [-0.3, -0.25) is 4.79 Å². The number of carbonyl (C=O) groups excluding carboxylic acids is 1. The number of piperidine rings is 1. The molecule has 1 aliphatic carbocycles. The highest BCUT2D eigenvalue weighted by molar-refractivity contribution is 7.89. The third-order valence-electron chi connectivity index (χ3n) is 5.02. The van der Waals surface area contributed by atoms with Gasteiger partial charge in [0.05, 0.1) is 4.90 Å². The number of likely N-dealkylation sites (tertiary alicyclic amines) is 1. The van der Waals surface area contributed by atoms with E-state index in [1.807, 2.05) is 11.9 Å². The first-order valence-corrected chi connectivity index (χ1v) is 10.5. The van der Waals surface area contributed by atoms with Crippen molar-refractivity contribution < 1.29 is 13.2 Å². The molecule has 0 unspecified atom stereocenters. The van der Waals surface area contributed by atoms with Gasteiger partial charge in [0, 0.05) is 24.7 Å². The zero-order chi connectivity index (χ0) is 17.9. The maximum atomic E-state index is 12.6.